The molecule has 0 spiro atoms. The first kappa shape index (κ1) is 30.9. The molecule has 0 aromatic rings. The van der Waals surface area contributed by atoms with Gasteiger partial charge in [0.1, 0.15) is 18.1 Å². The summed E-state index contributed by atoms with van der Waals surface area (Å²) in [7, 11) is 0. The van der Waals surface area contributed by atoms with Crippen LogP contribution in [0.25, 0.3) is 0 Å². The summed E-state index contributed by atoms with van der Waals surface area (Å²) in [5, 5.41) is 25.3. The van der Waals surface area contributed by atoms with E-state index < -0.39 is 60.2 Å². The smallest absolute Gasteiger partial charge is 0.326 e. The summed E-state index contributed by atoms with van der Waals surface area (Å²) in [5.41, 5.74) is 16.0. The van der Waals surface area contributed by atoms with Crippen molar-refractivity contribution in [2.24, 2.45) is 28.1 Å². The van der Waals surface area contributed by atoms with Crippen LogP contribution < -0.4 is 33.2 Å². The first-order valence-corrected chi connectivity index (χ1v) is 11.2. The lowest BCUT2D eigenvalue weighted by Gasteiger charge is -2.25. The Hall–Kier alpha value is -3.07. The minimum atomic E-state index is -1.36. The number of hydrogen-bond donors (Lipinski definition) is 9. The van der Waals surface area contributed by atoms with E-state index in [1.807, 2.05) is 0 Å². The monoisotopic (exact) mass is 505 g/mol. The van der Waals surface area contributed by atoms with Crippen LogP contribution >= 0.6 is 12.6 Å². The van der Waals surface area contributed by atoms with Crippen molar-refractivity contribution in [3.8, 4) is 0 Å². The molecule has 0 saturated heterocycles. The molecule has 0 radical (unpaired) electrons. The Morgan fingerprint density at radius 2 is 1.44 bits per heavy atom. The maximum absolute atomic E-state index is 12.8. The van der Waals surface area contributed by atoms with Crippen LogP contribution in [0.2, 0.25) is 0 Å². The summed E-state index contributed by atoms with van der Waals surface area (Å²) in [6.07, 6.45) is -0.116. The van der Waals surface area contributed by atoms with E-state index in [-0.39, 0.29) is 43.4 Å². The summed E-state index contributed by atoms with van der Waals surface area (Å²) in [6.45, 7) is 3.77. The van der Waals surface area contributed by atoms with Crippen LogP contribution in [0.5, 0.6) is 0 Å². The molecule has 11 N–H and O–H groups in total. The maximum Gasteiger partial charge on any atom is 0.326 e. The molecule has 0 saturated carbocycles. The second-order valence-electron chi connectivity index (χ2n) is 7.99. The molecule has 0 fully saturated rings. The summed E-state index contributed by atoms with van der Waals surface area (Å²) in [4.78, 5) is 63.5. The second-order valence-corrected chi connectivity index (χ2v) is 8.35. The van der Waals surface area contributed by atoms with E-state index in [1.165, 1.54) is 0 Å². The van der Waals surface area contributed by atoms with Crippen molar-refractivity contribution in [3.63, 3.8) is 0 Å². The Bertz CT molecular complexity index is 759. The predicted octanol–water partition coefficient (Wildman–Crippen LogP) is -2.64. The Kier molecular flexibility index (Phi) is 14.3. The lowest BCUT2D eigenvalue weighted by Crippen LogP contribution is -2.58. The molecule has 34 heavy (non-hydrogen) atoms. The number of nitrogens with one attached hydrogen (secondary N) is 3. The lowest BCUT2D eigenvalue weighted by molar-refractivity contribution is -0.142. The number of hydrogen-bond acceptors (Lipinski definition) is 8. The molecule has 0 rings (SSSR count). The predicted molar refractivity (Wildman–Crippen MR) is 127 cm³/mol. The summed E-state index contributed by atoms with van der Waals surface area (Å²) >= 11 is 4.05. The van der Waals surface area contributed by atoms with Gasteiger partial charge < -0.3 is 43.4 Å². The van der Waals surface area contributed by atoms with Crippen molar-refractivity contribution in [3.05, 3.63) is 0 Å². The summed E-state index contributed by atoms with van der Waals surface area (Å²) in [5.74, 6) is -5.23. The summed E-state index contributed by atoms with van der Waals surface area (Å²) in [6, 6.07) is -4.91. The SMILES string of the molecule is CC(C)CC(NC(=O)C(N)CC(=O)O)C(=O)NC(CS)C(=O)NC(CCCN=C(N)N)C(=O)O. The molecule has 14 nitrogen and oxygen atoms in total. The van der Waals surface area contributed by atoms with Gasteiger partial charge in [0.2, 0.25) is 17.7 Å². The minimum Gasteiger partial charge on any atom is -0.481 e. The van der Waals surface area contributed by atoms with E-state index in [2.05, 4.69) is 33.6 Å². The highest BCUT2D eigenvalue weighted by Gasteiger charge is 2.30. The zero-order valence-corrected chi connectivity index (χ0v) is 20.1. The number of aliphatic imine (C=N–C) groups is 1. The summed E-state index contributed by atoms with van der Waals surface area (Å²) < 4.78 is 0. The Morgan fingerprint density at radius 1 is 0.912 bits per heavy atom. The molecular weight excluding hydrogens is 470 g/mol. The number of carbonyl (C=O) groups excluding carboxylic acids is 3. The van der Waals surface area contributed by atoms with E-state index in [0.29, 0.717) is 0 Å². The van der Waals surface area contributed by atoms with Gasteiger partial charge in [-0.2, -0.15) is 12.6 Å². The van der Waals surface area contributed by atoms with Crippen molar-refractivity contribution >= 4 is 48.2 Å². The van der Waals surface area contributed by atoms with Crippen molar-refractivity contribution in [1.82, 2.24) is 16.0 Å². The number of carboxylic acids is 2. The van der Waals surface area contributed by atoms with Crippen molar-refractivity contribution in [2.45, 2.75) is 63.7 Å². The average Bonchev–Trinajstić information content (AvgIpc) is 2.71. The molecule has 0 aliphatic rings. The number of nitrogens with two attached hydrogens (primary N) is 3. The van der Waals surface area contributed by atoms with Gasteiger partial charge in [0.15, 0.2) is 5.96 Å². The van der Waals surface area contributed by atoms with Crippen LogP contribution in [0.3, 0.4) is 0 Å². The minimum absolute atomic E-state index is 0.0403. The van der Waals surface area contributed by atoms with Crippen LogP contribution in [0, 0.1) is 5.92 Å². The highest BCUT2D eigenvalue weighted by Crippen LogP contribution is 2.07. The number of thiol groups is 1. The first-order valence-electron chi connectivity index (χ1n) is 10.6. The lowest BCUT2D eigenvalue weighted by atomic mass is 10.0. The zero-order chi connectivity index (χ0) is 26.4. The molecule has 0 bridgehead atoms. The van der Waals surface area contributed by atoms with Gasteiger partial charge in [0.25, 0.3) is 0 Å². The Labute approximate surface area is 202 Å². The standard InChI is InChI=1S/C19H35N7O7S/c1-9(2)6-12(25-15(29)10(20)7-14(27)28)16(30)26-13(8-34)17(31)24-11(18(32)33)4-3-5-23-19(21)22/h9-13,34H,3-8,20H2,1-2H3,(H,24,31)(H,25,29)(H,26,30)(H,27,28)(H,32,33)(H4,21,22,23). The molecular formula is C19H35N7O7S. The third kappa shape index (κ3) is 12.8. The highest BCUT2D eigenvalue weighted by molar-refractivity contribution is 7.80. The zero-order valence-electron chi connectivity index (χ0n) is 19.2. The fourth-order valence-electron chi connectivity index (χ4n) is 2.76. The largest absolute Gasteiger partial charge is 0.481 e. The average molecular weight is 506 g/mol. The van der Waals surface area contributed by atoms with Crippen LogP contribution in [0.4, 0.5) is 0 Å². The van der Waals surface area contributed by atoms with Crippen LogP contribution in [-0.2, 0) is 24.0 Å². The van der Waals surface area contributed by atoms with Crippen LogP contribution in [0.15, 0.2) is 4.99 Å². The van der Waals surface area contributed by atoms with Gasteiger partial charge >= 0.3 is 11.9 Å². The molecule has 4 atom stereocenters. The molecule has 0 aliphatic carbocycles. The van der Waals surface area contributed by atoms with E-state index in [9.17, 15) is 29.1 Å². The number of nitrogens with zero attached hydrogens (tertiary/aromatic N) is 1. The van der Waals surface area contributed by atoms with E-state index in [0.717, 1.165) is 0 Å². The third-order valence-corrected chi connectivity index (χ3v) is 4.81. The van der Waals surface area contributed by atoms with E-state index in [4.69, 9.17) is 22.3 Å². The molecule has 3 amide bonds. The van der Waals surface area contributed by atoms with Gasteiger partial charge in [0, 0.05) is 12.3 Å². The van der Waals surface area contributed by atoms with Gasteiger partial charge in [-0.1, -0.05) is 13.8 Å². The molecule has 0 aliphatic heterocycles. The van der Waals surface area contributed by atoms with Gasteiger partial charge in [-0.3, -0.25) is 24.2 Å². The number of aliphatic carboxylic acids is 2. The molecule has 0 aromatic heterocycles. The van der Waals surface area contributed by atoms with Gasteiger partial charge in [-0.05, 0) is 25.2 Å². The van der Waals surface area contributed by atoms with E-state index in [1.54, 1.807) is 13.8 Å². The van der Waals surface area contributed by atoms with Crippen LogP contribution in [-0.4, -0.2) is 82.3 Å². The third-order valence-electron chi connectivity index (χ3n) is 4.45. The second kappa shape index (κ2) is 15.7. The van der Waals surface area contributed by atoms with Gasteiger partial charge in [0.05, 0.1) is 12.5 Å². The fraction of sp³-hybridized carbons (Fsp3) is 0.684. The number of guanidine groups is 1. The van der Waals surface area contributed by atoms with Crippen molar-refractivity contribution in [2.75, 3.05) is 12.3 Å². The molecule has 0 aromatic carbocycles. The molecule has 194 valence electrons. The Morgan fingerprint density at radius 3 is 1.91 bits per heavy atom. The van der Waals surface area contributed by atoms with E-state index >= 15 is 0 Å². The molecule has 0 heterocycles. The fourth-order valence-corrected chi connectivity index (χ4v) is 3.02. The maximum atomic E-state index is 12.8. The van der Waals surface area contributed by atoms with Gasteiger partial charge in [-0.15, -0.1) is 0 Å². The first-order chi connectivity index (χ1) is 15.8. The number of amides is 3. The number of carboxylic acid groups (broad SMARTS) is 2. The van der Waals surface area contributed by atoms with Gasteiger partial charge in [-0.25, -0.2) is 4.79 Å². The molecule has 15 heteroatoms. The number of carbonyl (C=O) groups is 5. The normalized spacial score (nSPS) is 14.3. The van der Waals surface area contributed by atoms with Crippen LogP contribution in [0.1, 0.15) is 39.5 Å². The number of rotatable bonds is 16. The topological polar surface area (TPSA) is 252 Å². The highest BCUT2D eigenvalue weighted by atomic mass is 32.1. The quantitative estimate of drug-likeness (QED) is 0.0456. The van der Waals surface area contributed by atoms with Crippen molar-refractivity contribution < 1.29 is 34.2 Å². The molecule has 4 unspecified atom stereocenters. The Balaban J connectivity index is 5.20. The van der Waals surface area contributed by atoms with Crippen molar-refractivity contribution in [1.29, 1.82) is 0 Å².